The van der Waals surface area contributed by atoms with Crippen molar-refractivity contribution in [3.63, 3.8) is 0 Å². The Morgan fingerprint density at radius 2 is 2.00 bits per heavy atom. The molecule has 0 radical (unpaired) electrons. The van der Waals surface area contributed by atoms with Gasteiger partial charge in [0.25, 0.3) is 0 Å². The molecule has 2 nitrogen and oxygen atoms in total. The quantitative estimate of drug-likeness (QED) is 0.545. The van der Waals surface area contributed by atoms with Crippen LogP contribution < -0.4 is 0 Å². The van der Waals surface area contributed by atoms with Crippen molar-refractivity contribution in [2.75, 3.05) is 0 Å². The van der Waals surface area contributed by atoms with Crippen molar-refractivity contribution in [3.05, 3.63) is 42.0 Å². The Labute approximate surface area is 76.5 Å². The highest BCUT2D eigenvalue weighted by Crippen LogP contribution is 2.13. The van der Waals surface area contributed by atoms with E-state index < -0.39 is 5.97 Å². The van der Waals surface area contributed by atoms with Gasteiger partial charge in [-0.3, -0.25) is 0 Å². The summed E-state index contributed by atoms with van der Waals surface area (Å²) in [5.74, 6) is 1.19. The van der Waals surface area contributed by atoms with Crippen LogP contribution in [-0.4, -0.2) is 11.1 Å². The molecule has 1 aromatic rings. The van der Waals surface area contributed by atoms with Crippen molar-refractivity contribution in [2.24, 2.45) is 0 Å². The predicted molar refractivity (Wildman–Crippen MR) is 50.9 cm³/mol. The molecule has 1 rings (SSSR count). The summed E-state index contributed by atoms with van der Waals surface area (Å²) in [5, 5.41) is 8.79. The fraction of sp³-hybridized carbons (Fsp3) is 0. The molecule has 1 N–H and O–H groups in total. The molecule has 0 saturated heterocycles. The zero-order chi connectivity index (χ0) is 9.68. The Kier molecular flexibility index (Phi) is 2.88. The molecule has 0 heterocycles. The molecule has 0 bridgehead atoms. The van der Waals surface area contributed by atoms with Crippen molar-refractivity contribution in [2.45, 2.75) is 0 Å². The van der Waals surface area contributed by atoms with Crippen molar-refractivity contribution < 1.29 is 9.90 Å². The van der Waals surface area contributed by atoms with Crippen molar-refractivity contribution in [1.29, 1.82) is 0 Å². The minimum absolute atomic E-state index is 0.142. The van der Waals surface area contributed by atoms with E-state index in [4.69, 9.17) is 11.5 Å². The van der Waals surface area contributed by atoms with E-state index in [9.17, 15) is 4.79 Å². The monoisotopic (exact) mass is 172 g/mol. The van der Waals surface area contributed by atoms with Crippen LogP contribution in [0.15, 0.2) is 36.4 Å². The van der Waals surface area contributed by atoms with Gasteiger partial charge in [-0.25, -0.2) is 4.79 Å². The second-order valence-corrected chi connectivity index (χ2v) is 2.40. The van der Waals surface area contributed by atoms with Crippen LogP contribution in [0.4, 0.5) is 0 Å². The number of hydrogen-bond donors (Lipinski definition) is 1. The predicted octanol–water partition coefficient (Wildman–Crippen LogP) is 1.79. The SMILES string of the molecule is C#C/C=C(\C(=O)O)c1ccccc1. The normalized spacial score (nSPS) is 10.5. The van der Waals surface area contributed by atoms with Gasteiger partial charge in [-0.1, -0.05) is 36.3 Å². The van der Waals surface area contributed by atoms with Crippen LogP contribution in [0.25, 0.3) is 5.57 Å². The molecule has 2 heteroatoms. The van der Waals surface area contributed by atoms with E-state index >= 15 is 0 Å². The third-order valence-electron chi connectivity index (χ3n) is 1.54. The first-order valence-electron chi connectivity index (χ1n) is 3.70. The first kappa shape index (κ1) is 9.08. The van der Waals surface area contributed by atoms with Gasteiger partial charge in [-0.15, -0.1) is 6.42 Å². The largest absolute Gasteiger partial charge is 0.478 e. The van der Waals surface area contributed by atoms with Crippen LogP contribution in [0.2, 0.25) is 0 Å². The molecule has 0 amide bonds. The van der Waals surface area contributed by atoms with Gasteiger partial charge in [0, 0.05) is 6.08 Å². The topological polar surface area (TPSA) is 37.3 Å². The third kappa shape index (κ3) is 2.21. The summed E-state index contributed by atoms with van der Waals surface area (Å²) in [7, 11) is 0. The summed E-state index contributed by atoms with van der Waals surface area (Å²) in [5.41, 5.74) is 0.760. The van der Waals surface area contributed by atoms with Crippen LogP contribution in [-0.2, 0) is 4.79 Å². The molecule has 0 aromatic heterocycles. The molecule has 13 heavy (non-hydrogen) atoms. The second-order valence-electron chi connectivity index (χ2n) is 2.40. The van der Waals surface area contributed by atoms with E-state index in [-0.39, 0.29) is 5.57 Å². The molecule has 0 unspecified atom stereocenters. The zero-order valence-corrected chi connectivity index (χ0v) is 6.90. The molecule has 0 saturated carbocycles. The molecule has 0 aliphatic carbocycles. The van der Waals surface area contributed by atoms with Gasteiger partial charge in [0.2, 0.25) is 0 Å². The zero-order valence-electron chi connectivity index (χ0n) is 6.90. The Morgan fingerprint density at radius 1 is 1.38 bits per heavy atom. The average molecular weight is 172 g/mol. The summed E-state index contributed by atoms with van der Waals surface area (Å²) >= 11 is 0. The number of terminal acetylenes is 1. The maximum absolute atomic E-state index is 10.7. The van der Waals surface area contributed by atoms with Crippen LogP contribution >= 0.6 is 0 Å². The summed E-state index contributed by atoms with van der Waals surface area (Å²) in [6, 6.07) is 8.76. The first-order valence-corrected chi connectivity index (χ1v) is 3.70. The van der Waals surface area contributed by atoms with E-state index in [1.165, 1.54) is 6.08 Å². The van der Waals surface area contributed by atoms with Crippen molar-refractivity contribution >= 4 is 11.5 Å². The number of benzene rings is 1. The highest BCUT2D eigenvalue weighted by Gasteiger charge is 2.07. The molecule has 0 fully saturated rings. The van der Waals surface area contributed by atoms with Gasteiger partial charge in [0.1, 0.15) is 0 Å². The lowest BCUT2D eigenvalue weighted by Crippen LogP contribution is -1.98. The fourth-order valence-electron chi connectivity index (χ4n) is 0.970. The Balaban J connectivity index is 3.13. The number of aliphatic carboxylic acids is 1. The van der Waals surface area contributed by atoms with Gasteiger partial charge >= 0.3 is 5.97 Å². The van der Waals surface area contributed by atoms with Crippen LogP contribution in [0, 0.1) is 12.3 Å². The molecule has 0 atom stereocenters. The Morgan fingerprint density at radius 3 is 2.46 bits per heavy atom. The number of carboxylic acid groups (broad SMARTS) is 1. The van der Waals surface area contributed by atoms with E-state index in [1.807, 2.05) is 6.07 Å². The highest BCUT2D eigenvalue weighted by atomic mass is 16.4. The van der Waals surface area contributed by atoms with E-state index in [0.717, 1.165) is 0 Å². The fourth-order valence-corrected chi connectivity index (χ4v) is 0.970. The van der Waals surface area contributed by atoms with Gasteiger partial charge in [0.15, 0.2) is 0 Å². The highest BCUT2D eigenvalue weighted by molar-refractivity contribution is 6.15. The van der Waals surface area contributed by atoms with Crippen LogP contribution in [0.3, 0.4) is 0 Å². The van der Waals surface area contributed by atoms with Gasteiger partial charge < -0.3 is 5.11 Å². The molecule has 64 valence electrons. The number of hydrogen-bond acceptors (Lipinski definition) is 1. The minimum atomic E-state index is -1.01. The minimum Gasteiger partial charge on any atom is -0.478 e. The molecule has 0 aliphatic heterocycles. The maximum atomic E-state index is 10.7. The molecular weight excluding hydrogens is 164 g/mol. The average Bonchev–Trinajstić information content (AvgIpc) is 2.15. The van der Waals surface area contributed by atoms with E-state index in [0.29, 0.717) is 5.56 Å². The van der Waals surface area contributed by atoms with Crippen molar-refractivity contribution in [1.82, 2.24) is 0 Å². The summed E-state index contributed by atoms with van der Waals surface area (Å²) < 4.78 is 0. The Hall–Kier alpha value is -2.01. The molecule has 1 aromatic carbocycles. The summed E-state index contributed by atoms with van der Waals surface area (Å²) in [6.07, 6.45) is 6.26. The number of allylic oxidation sites excluding steroid dienone is 1. The van der Waals surface area contributed by atoms with E-state index in [1.54, 1.807) is 24.3 Å². The summed E-state index contributed by atoms with van der Waals surface area (Å²) in [4.78, 5) is 10.7. The standard InChI is InChI=1S/C11H8O2/c1-2-6-10(11(12)13)9-7-4-3-5-8-9/h1,3-8H,(H,12,13)/b10-6-. The number of rotatable bonds is 2. The third-order valence-corrected chi connectivity index (χ3v) is 1.54. The van der Waals surface area contributed by atoms with Gasteiger partial charge in [-0.2, -0.15) is 0 Å². The van der Waals surface area contributed by atoms with Crippen LogP contribution in [0.5, 0.6) is 0 Å². The Bertz CT molecular complexity index is 369. The van der Waals surface area contributed by atoms with Crippen LogP contribution in [0.1, 0.15) is 5.56 Å². The second kappa shape index (κ2) is 4.13. The first-order chi connectivity index (χ1) is 6.25. The molecular formula is C11H8O2. The molecule has 0 aliphatic rings. The van der Waals surface area contributed by atoms with Crippen molar-refractivity contribution in [3.8, 4) is 12.3 Å². The van der Waals surface area contributed by atoms with E-state index in [2.05, 4.69) is 5.92 Å². The number of carboxylic acids is 1. The summed E-state index contributed by atoms with van der Waals surface area (Å²) in [6.45, 7) is 0. The van der Waals surface area contributed by atoms with Gasteiger partial charge in [0.05, 0.1) is 5.57 Å². The lowest BCUT2D eigenvalue weighted by atomic mass is 10.1. The maximum Gasteiger partial charge on any atom is 0.336 e. The molecule has 0 spiro atoms. The smallest absolute Gasteiger partial charge is 0.336 e. The number of carbonyl (C=O) groups is 1. The van der Waals surface area contributed by atoms with Gasteiger partial charge in [-0.05, 0) is 5.56 Å². The lowest BCUT2D eigenvalue weighted by molar-refractivity contribution is -0.130. The lowest BCUT2D eigenvalue weighted by Gasteiger charge is -1.99.